The summed E-state index contributed by atoms with van der Waals surface area (Å²) in [5.74, 6) is 0.967. The molecule has 0 aliphatic carbocycles. The molecule has 2 unspecified atom stereocenters. The fourth-order valence-electron chi connectivity index (χ4n) is 1.07. The number of amidine groups is 1. The molecule has 2 heteroatoms. The third kappa shape index (κ3) is 1.10. The number of aliphatic imine (C=N–C) groups is 1. The zero-order valence-corrected chi connectivity index (χ0v) is 6.17. The molecule has 0 radical (unpaired) electrons. The molecule has 0 aromatic rings. The molecule has 0 aromatic heterocycles. The van der Waals surface area contributed by atoms with Crippen LogP contribution >= 0.6 is 0 Å². The zero-order chi connectivity index (χ0) is 7.56. The first-order valence-corrected chi connectivity index (χ1v) is 3.34. The van der Waals surface area contributed by atoms with E-state index >= 15 is 0 Å². The van der Waals surface area contributed by atoms with Gasteiger partial charge in [-0.2, -0.15) is 0 Å². The van der Waals surface area contributed by atoms with E-state index in [-0.39, 0.29) is 12.1 Å². The summed E-state index contributed by atoms with van der Waals surface area (Å²) in [7, 11) is 0. The monoisotopic (exact) mass is 136 g/mol. The lowest BCUT2D eigenvalue weighted by molar-refractivity contribution is 0.703. The molecular formula is C8H12N2. The van der Waals surface area contributed by atoms with Crippen LogP contribution in [0.15, 0.2) is 30.3 Å². The fourth-order valence-corrected chi connectivity index (χ4v) is 1.07. The van der Waals surface area contributed by atoms with E-state index in [0.717, 1.165) is 5.84 Å². The van der Waals surface area contributed by atoms with Crippen molar-refractivity contribution in [3.8, 4) is 0 Å². The first-order chi connectivity index (χ1) is 4.77. The molecule has 1 rings (SSSR count). The Morgan fingerprint density at radius 2 is 2.20 bits per heavy atom. The van der Waals surface area contributed by atoms with Crippen LogP contribution in [0.1, 0.15) is 6.92 Å². The maximum atomic E-state index is 4.28. The predicted octanol–water partition coefficient (Wildman–Crippen LogP) is 1.12. The number of hydrogen-bond acceptors (Lipinski definition) is 2. The molecule has 0 bridgehead atoms. The highest BCUT2D eigenvalue weighted by Gasteiger charge is 2.20. The summed E-state index contributed by atoms with van der Waals surface area (Å²) in [5, 5.41) is 3.17. The number of nitrogens with one attached hydrogen (secondary N) is 1. The minimum Gasteiger partial charge on any atom is -0.365 e. The summed E-state index contributed by atoms with van der Waals surface area (Å²) < 4.78 is 0. The highest BCUT2D eigenvalue weighted by Crippen LogP contribution is 2.08. The summed E-state index contributed by atoms with van der Waals surface area (Å²) in [4.78, 5) is 4.28. The summed E-state index contributed by atoms with van der Waals surface area (Å²) in [6, 6.07) is 0.426. The lowest BCUT2D eigenvalue weighted by Gasteiger charge is -2.08. The van der Waals surface area contributed by atoms with E-state index in [2.05, 4.69) is 23.5 Å². The van der Waals surface area contributed by atoms with E-state index in [9.17, 15) is 0 Å². The SMILES string of the molecule is C=CC1N=C(C)NC1C=C. The molecule has 1 aliphatic heterocycles. The molecule has 0 saturated carbocycles. The van der Waals surface area contributed by atoms with Gasteiger partial charge in [-0.15, -0.1) is 13.2 Å². The summed E-state index contributed by atoms with van der Waals surface area (Å²) >= 11 is 0. The van der Waals surface area contributed by atoms with Gasteiger partial charge in [-0.05, 0) is 6.92 Å². The van der Waals surface area contributed by atoms with Crippen molar-refractivity contribution in [2.24, 2.45) is 4.99 Å². The Labute approximate surface area is 61.4 Å². The van der Waals surface area contributed by atoms with Crippen molar-refractivity contribution in [2.45, 2.75) is 19.0 Å². The normalized spacial score (nSPS) is 30.7. The molecule has 0 saturated heterocycles. The smallest absolute Gasteiger partial charge is 0.0945 e. The molecule has 1 aliphatic rings. The molecule has 2 atom stereocenters. The summed E-state index contributed by atoms with van der Waals surface area (Å²) in [5.41, 5.74) is 0. The van der Waals surface area contributed by atoms with Gasteiger partial charge in [0.1, 0.15) is 0 Å². The Kier molecular flexibility index (Phi) is 1.90. The van der Waals surface area contributed by atoms with Crippen LogP contribution in [-0.2, 0) is 0 Å². The Bertz CT molecular complexity index is 182. The van der Waals surface area contributed by atoms with Gasteiger partial charge in [0.15, 0.2) is 0 Å². The van der Waals surface area contributed by atoms with Crippen molar-refractivity contribution >= 4 is 5.84 Å². The van der Waals surface area contributed by atoms with Crippen molar-refractivity contribution in [1.82, 2.24) is 5.32 Å². The number of rotatable bonds is 2. The quantitative estimate of drug-likeness (QED) is 0.565. The average molecular weight is 136 g/mol. The minimum absolute atomic E-state index is 0.178. The Morgan fingerprint density at radius 3 is 2.60 bits per heavy atom. The Morgan fingerprint density at radius 1 is 1.50 bits per heavy atom. The molecule has 1 N–H and O–H groups in total. The first-order valence-electron chi connectivity index (χ1n) is 3.34. The second-order valence-electron chi connectivity index (χ2n) is 2.35. The van der Waals surface area contributed by atoms with Crippen molar-refractivity contribution < 1.29 is 0 Å². The predicted molar refractivity (Wildman–Crippen MR) is 44.2 cm³/mol. The molecule has 1 heterocycles. The van der Waals surface area contributed by atoms with Crippen LogP contribution in [0.5, 0.6) is 0 Å². The van der Waals surface area contributed by atoms with Crippen molar-refractivity contribution in [3.05, 3.63) is 25.3 Å². The van der Waals surface area contributed by atoms with Crippen molar-refractivity contribution in [1.29, 1.82) is 0 Å². The summed E-state index contributed by atoms with van der Waals surface area (Å²) in [6.07, 6.45) is 3.68. The van der Waals surface area contributed by atoms with E-state index in [1.807, 2.05) is 19.1 Å². The van der Waals surface area contributed by atoms with Gasteiger partial charge in [-0.1, -0.05) is 12.2 Å². The fraction of sp³-hybridized carbons (Fsp3) is 0.375. The van der Waals surface area contributed by atoms with Gasteiger partial charge in [-0.3, -0.25) is 4.99 Å². The topological polar surface area (TPSA) is 24.4 Å². The van der Waals surface area contributed by atoms with Gasteiger partial charge in [-0.25, -0.2) is 0 Å². The standard InChI is InChI=1S/C8H12N2/c1-4-7-8(5-2)10-6(3)9-7/h4-5,7-8H,1-2H2,3H3,(H,9,10). The van der Waals surface area contributed by atoms with Crippen LogP contribution in [0.2, 0.25) is 0 Å². The lowest BCUT2D eigenvalue weighted by Crippen LogP contribution is -2.30. The maximum absolute atomic E-state index is 4.28. The average Bonchev–Trinajstić information content (AvgIpc) is 2.30. The van der Waals surface area contributed by atoms with Gasteiger partial charge in [0.2, 0.25) is 0 Å². The molecule has 0 fully saturated rings. The van der Waals surface area contributed by atoms with E-state index < -0.39 is 0 Å². The van der Waals surface area contributed by atoms with Gasteiger partial charge in [0.25, 0.3) is 0 Å². The highest BCUT2D eigenvalue weighted by molar-refractivity contribution is 5.82. The van der Waals surface area contributed by atoms with Crippen LogP contribution in [0.25, 0.3) is 0 Å². The van der Waals surface area contributed by atoms with Gasteiger partial charge in [0.05, 0.1) is 17.9 Å². The molecule has 54 valence electrons. The van der Waals surface area contributed by atoms with Crippen LogP contribution in [0.3, 0.4) is 0 Å². The third-order valence-electron chi connectivity index (χ3n) is 1.58. The van der Waals surface area contributed by atoms with Crippen molar-refractivity contribution in [2.75, 3.05) is 0 Å². The van der Waals surface area contributed by atoms with E-state index in [4.69, 9.17) is 0 Å². The lowest BCUT2D eigenvalue weighted by atomic mass is 10.1. The van der Waals surface area contributed by atoms with Gasteiger partial charge in [0, 0.05) is 0 Å². The molecule has 10 heavy (non-hydrogen) atoms. The van der Waals surface area contributed by atoms with Crippen LogP contribution in [-0.4, -0.2) is 17.9 Å². The largest absolute Gasteiger partial charge is 0.365 e. The van der Waals surface area contributed by atoms with Gasteiger partial charge < -0.3 is 5.32 Å². The summed E-state index contributed by atoms with van der Waals surface area (Å²) in [6.45, 7) is 9.32. The zero-order valence-electron chi connectivity index (χ0n) is 6.17. The molecule has 0 amide bonds. The van der Waals surface area contributed by atoms with E-state index in [0.29, 0.717) is 0 Å². The first kappa shape index (κ1) is 7.06. The highest BCUT2D eigenvalue weighted by atomic mass is 15.1. The minimum atomic E-state index is 0.178. The molecule has 2 nitrogen and oxygen atoms in total. The Balaban J connectivity index is 2.68. The number of hydrogen-bond donors (Lipinski definition) is 1. The molecular weight excluding hydrogens is 124 g/mol. The second-order valence-corrected chi connectivity index (χ2v) is 2.35. The van der Waals surface area contributed by atoms with Crippen LogP contribution in [0, 0.1) is 0 Å². The third-order valence-corrected chi connectivity index (χ3v) is 1.58. The van der Waals surface area contributed by atoms with Crippen LogP contribution in [0.4, 0.5) is 0 Å². The molecule has 0 spiro atoms. The van der Waals surface area contributed by atoms with E-state index in [1.54, 1.807) is 0 Å². The maximum Gasteiger partial charge on any atom is 0.0945 e. The van der Waals surface area contributed by atoms with Gasteiger partial charge >= 0.3 is 0 Å². The second kappa shape index (κ2) is 2.69. The Hall–Kier alpha value is -1.05. The number of nitrogens with zero attached hydrogens (tertiary/aromatic N) is 1. The van der Waals surface area contributed by atoms with E-state index in [1.165, 1.54) is 0 Å². The van der Waals surface area contributed by atoms with Crippen molar-refractivity contribution in [3.63, 3.8) is 0 Å². The van der Waals surface area contributed by atoms with Crippen LogP contribution < -0.4 is 5.32 Å². The molecule has 0 aromatic carbocycles.